The van der Waals surface area contributed by atoms with Crippen LogP contribution in [-0.2, 0) is 16.4 Å². The van der Waals surface area contributed by atoms with Crippen molar-refractivity contribution in [2.45, 2.75) is 13.5 Å². The molecule has 0 amide bonds. The van der Waals surface area contributed by atoms with Crippen molar-refractivity contribution in [3.8, 4) is 34.0 Å². The summed E-state index contributed by atoms with van der Waals surface area (Å²) in [5.41, 5.74) is 3.81. The van der Waals surface area contributed by atoms with E-state index in [1.165, 1.54) is 17.9 Å². The van der Waals surface area contributed by atoms with Crippen LogP contribution in [0.1, 0.15) is 21.5 Å². The van der Waals surface area contributed by atoms with Crippen LogP contribution in [0, 0.1) is 18.6 Å². The lowest BCUT2D eigenvalue weighted by atomic mass is 9.98. The SMILES string of the molecule is Cc1ccc(Oc2nc3c(F)c(-c4ccc(-c5ccc(CN6CCN(CCS(C)(=O)=O)CC6)cc5)cc4)c(F)cc3[nH]2)cc1C(=O)O. The van der Waals surface area contributed by atoms with Gasteiger partial charge in [0.25, 0.3) is 6.01 Å². The van der Waals surface area contributed by atoms with Crippen LogP contribution in [0.5, 0.6) is 11.8 Å². The highest BCUT2D eigenvalue weighted by Crippen LogP contribution is 2.34. The van der Waals surface area contributed by atoms with Gasteiger partial charge in [0, 0.05) is 51.6 Å². The Morgan fingerprint density at radius 2 is 1.53 bits per heavy atom. The van der Waals surface area contributed by atoms with Crippen molar-refractivity contribution in [3.63, 3.8) is 0 Å². The molecular formula is C35H34F2N4O5S. The number of nitrogens with zero attached hydrogens (tertiary/aromatic N) is 3. The fraction of sp³-hybridized carbons (Fsp3) is 0.257. The van der Waals surface area contributed by atoms with E-state index in [9.17, 15) is 18.3 Å². The highest BCUT2D eigenvalue weighted by molar-refractivity contribution is 7.90. The molecule has 244 valence electrons. The Kier molecular flexibility index (Phi) is 9.09. The lowest BCUT2D eigenvalue weighted by Crippen LogP contribution is -2.47. The largest absolute Gasteiger partial charge is 0.478 e. The Balaban J connectivity index is 1.12. The van der Waals surface area contributed by atoms with Crippen LogP contribution in [0.3, 0.4) is 0 Å². The van der Waals surface area contributed by atoms with E-state index in [-0.39, 0.29) is 39.7 Å². The van der Waals surface area contributed by atoms with E-state index in [4.69, 9.17) is 4.74 Å². The molecule has 2 heterocycles. The highest BCUT2D eigenvalue weighted by atomic mass is 32.2. The van der Waals surface area contributed by atoms with Crippen LogP contribution in [-0.4, -0.2) is 84.0 Å². The third-order valence-corrected chi connectivity index (χ3v) is 9.34. The summed E-state index contributed by atoms with van der Waals surface area (Å²) in [6.07, 6.45) is 1.27. The number of fused-ring (bicyclic) bond motifs is 1. The van der Waals surface area contributed by atoms with Crippen LogP contribution in [0.15, 0.2) is 72.8 Å². The Bertz CT molecular complexity index is 2040. The van der Waals surface area contributed by atoms with Gasteiger partial charge in [0.15, 0.2) is 5.82 Å². The number of aromatic amines is 1. The lowest BCUT2D eigenvalue weighted by molar-refractivity contribution is 0.0695. The monoisotopic (exact) mass is 660 g/mol. The number of sulfone groups is 1. The number of hydrogen-bond acceptors (Lipinski definition) is 7. The van der Waals surface area contributed by atoms with Gasteiger partial charge in [-0.05, 0) is 46.9 Å². The molecule has 0 saturated carbocycles. The van der Waals surface area contributed by atoms with Crippen LogP contribution in [0.25, 0.3) is 33.3 Å². The molecule has 0 radical (unpaired) electrons. The number of rotatable bonds is 10. The molecule has 1 fully saturated rings. The van der Waals surface area contributed by atoms with Crippen molar-refractivity contribution >= 4 is 26.8 Å². The van der Waals surface area contributed by atoms with Crippen LogP contribution in [0.2, 0.25) is 0 Å². The Morgan fingerprint density at radius 3 is 2.17 bits per heavy atom. The summed E-state index contributed by atoms with van der Waals surface area (Å²) >= 11 is 0. The second kappa shape index (κ2) is 13.2. The molecule has 0 atom stereocenters. The average molecular weight is 661 g/mol. The molecule has 1 saturated heterocycles. The molecule has 47 heavy (non-hydrogen) atoms. The quantitative estimate of drug-likeness (QED) is 0.184. The standard InChI is InChI=1S/C35H34F2N4O5S/c1-22-3-12-27(19-28(22)34(42)43)46-35-38-30-20-29(36)31(32(37)33(30)39-35)26-10-8-25(9-11-26)24-6-4-23(5-7-24)21-41-15-13-40(14-16-41)17-18-47(2,44)45/h3-12,19-20H,13-18,21H2,1-2H3,(H,38,39)(H,42,43). The second-order valence-electron chi connectivity index (χ2n) is 11.9. The Hall–Kier alpha value is -4.65. The first kappa shape index (κ1) is 32.3. The Labute approximate surface area is 271 Å². The van der Waals surface area contributed by atoms with Crippen molar-refractivity contribution in [2.24, 2.45) is 0 Å². The number of aromatic nitrogens is 2. The van der Waals surface area contributed by atoms with Gasteiger partial charge in [-0.15, -0.1) is 0 Å². The zero-order chi connectivity index (χ0) is 33.3. The summed E-state index contributed by atoms with van der Waals surface area (Å²) in [7, 11) is -2.96. The number of halogens is 2. The normalized spacial score (nSPS) is 14.5. The fourth-order valence-electron chi connectivity index (χ4n) is 5.73. The minimum atomic E-state index is -2.96. The number of carboxylic acids is 1. The van der Waals surface area contributed by atoms with Crippen LogP contribution in [0.4, 0.5) is 8.78 Å². The number of imidazole rings is 1. The smallest absolute Gasteiger partial charge is 0.336 e. The summed E-state index contributed by atoms with van der Waals surface area (Å²) in [5, 5.41) is 9.38. The first-order valence-corrected chi connectivity index (χ1v) is 17.2. The number of aromatic carboxylic acids is 1. The minimum absolute atomic E-state index is 0.0632. The Morgan fingerprint density at radius 1 is 0.915 bits per heavy atom. The topological polar surface area (TPSA) is 116 Å². The van der Waals surface area contributed by atoms with Crippen LogP contribution < -0.4 is 4.74 Å². The van der Waals surface area contributed by atoms with Gasteiger partial charge < -0.3 is 14.8 Å². The van der Waals surface area contributed by atoms with Gasteiger partial charge >= 0.3 is 5.97 Å². The maximum Gasteiger partial charge on any atom is 0.336 e. The van der Waals surface area contributed by atoms with Gasteiger partial charge in [-0.2, -0.15) is 4.98 Å². The molecule has 9 nitrogen and oxygen atoms in total. The molecule has 0 spiro atoms. The van der Waals surface area contributed by atoms with E-state index in [0.29, 0.717) is 17.7 Å². The van der Waals surface area contributed by atoms with Crippen molar-refractivity contribution in [2.75, 3.05) is 44.7 Å². The highest BCUT2D eigenvalue weighted by Gasteiger charge is 2.21. The number of aryl methyl sites for hydroxylation is 1. The fourth-order valence-corrected chi connectivity index (χ4v) is 6.32. The molecule has 4 aromatic carbocycles. The third-order valence-electron chi connectivity index (χ3n) is 8.41. The van der Waals surface area contributed by atoms with E-state index < -0.39 is 27.4 Å². The van der Waals surface area contributed by atoms with E-state index in [2.05, 4.69) is 31.9 Å². The summed E-state index contributed by atoms with van der Waals surface area (Å²) in [6, 6.07) is 20.7. The molecular weight excluding hydrogens is 626 g/mol. The predicted octanol–water partition coefficient (Wildman–Crippen LogP) is 6.14. The van der Waals surface area contributed by atoms with E-state index in [1.54, 1.807) is 31.2 Å². The predicted molar refractivity (Wildman–Crippen MR) is 177 cm³/mol. The van der Waals surface area contributed by atoms with E-state index in [1.807, 2.05) is 24.3 Å². The first-order chi connectivity index (χ1) is 22.4. The zero-order valence-corrected chi connectivity index (χ0v) is 26.8. The number of carboxylic acid groups (broad SMARTS) is 1. The summed E-state index contributed by atoms with van der Waals surface area (Å²) < 4.78 is 59.5. The summed E-state index contributed by atoms with van der Waals surface area (Å²) in [6.45, 7) is 6.46. The molecule has 0 bridgehead atoms. The number of nitrogens with one attached hydrogen (secondary N) is 1. The third kappa shape index (κ3) is 7.51. The molecule has 5 aromatic rings. The molecule has 0 aliphatic carbocycles. The number of H-pyrrole nitrogens is 1. The van der Waals surface area contributed by atoms with Gasteiger partial charge in [-0.3, -0.25) is 9.80 Å². The average Bonchev–Trinajstić information content (AvgIpc) is 3.44. The van der Waals surface area contributed by atoms with Crippen molar-refractivity contribution in [3.05, 3.63) is 101 Å². The van der Waals surface area contributed by atoms with Gasteiger partial charge in [-0.1, -0.05) is 54.6 Å². The van der Waals surface area contributed by atoms with Crippen molar-refractivity contribution in [1.29, 1.82) is 0 Å². The van der Waals surface area contributed by atoms with Crippen molar-refractivity contribution in [1.82, 2.24) is 19.8 Å². The maximum atomic E-state index is 15.7. The van der Waals surface area contributed by atoms with Crippen LogP contribution >= 0.6 is 0 Å². The number of hydrogen-bond donors (Lipinski definition) is 2. The molecule has 2 N–H and O–H groups in total. The molecule has 1 aliphatic rings. The van der Waals surface area contributed by atoms with E-state index >= 15 is 8.78 Å². The molecule has 1 aliphatic heterocycles. The van der Waals surface area contributed by atoms with Gasteiger partial charge in [-0.25, -0.2) is 22.0 Å². The van der Waals surface area contributed by atoms with E-state index in [0.717, 1.165) is 49.9 Å². The second-order valence-corrected chi connectivity index (χ2v) is 14.2. The molecule has 0 unspecified atom stereocenters. The molecule has 12 heteroatoms. The summed E-state index contributed by atoms with van der Waals surface area (Å²) in [5.74, 6) is -2.33. The van der Waals surface area contributed by atoms with Crippen molar-refractivity contribution < 1.29 is 31.8 Å². The number of ether oxygens (including phenoxy) is 1. The zero-order valence-electron chi connectivity index (χ0n) is 26.0. The maximum absolute atomic E-state index is 15.7. The lowest BCUT2D eigenvalue weighted by Gasteiger charge is -2.34. The number of carbonyl (C=O) groups is 1. The minimum Gasteiger partial charge on any atom is -0.478 e. The van der Waals surface area contributed by atoms with Gasteiger partial charge in [0.05, 0.1) is 22.4 Å². The molecule has 6 rings (SSSR count). The first-order valence-electron chi connectivity index (χ1n) is 15.2. The number of piperazine rings is 1. The van der Waals surface area contributed by atoms with Gasteiger partial charge in [0.1, 0.15) is 26.9 Å². The summed E-state index contributed by atoms with van der Waals surface area (Å²) in [4.78, 5) is 22.9. The molecule has 1 aromatic heterocycles. The number of benzene rings is 4. The van der Waals surface area contributed by atoms with Gasteiger partial charge in [0.2, 0.25) is 0 Å².